The van der Waals surface area contributed by atoms with Crippen LogP contribution in [0.15, 0.2) is 48.5 Å². The van der Waals surface area contributed by atoms with Crippen molar-refractivity contribution in [2.75, 3.05) is 19.0 Å². The second kappa shape index (κ2) is 9.36. The van der Waals surface area contributed by atoms with Crippen LogP contribution >= 0.6 is 0 Å². The Morgan fingerprint density at radius 2 is 1.58 bits per heavy atom. The molecule has 2 rings (SSSR count). The second-order valence-electron chi connectivity index (χ2n) is 5.71. The van der Waals surface area contributed by atoms with E-state index in [1.807, 2.05) is 0 Å². The average molecular weight is 354 g/mol. The lowest BCUT2D eigenvalue weighted by atomic mass is 10.1. The third kappa shape index (κ3) is 5.17. The van der Waals surface area contributed by atoms with Gasteiger partial charge in [0.25, 0.3) is 11.8 Å². The summed E-state index contributed by atoms with van der Waals surface area (Å²) in [5.74, 6) is -0.973. The lowest BCUT2D eigenvalue weighted by molar-refractivity contribution is 0.0600. The number of amides is 2. The summed E-state index contributed by atoms with van der Waals surface area (Å²) in [5, 5.41) is 5.56. The Bertz CT molecular complexity index is 785. The molecule has 0 saturated carbocycles. The highest BCUT2D eigenvalue weighted by molar-refractivity contribution is 6.06. The van der Waals surface area contributed by atoms with E-state index in [-0.39, 0.29) is 11.8 Å². The monoisotopic (exact) mass is 354 g/mol. The molecule has 2 aromatic carbocycles. The van der Waals surface area contributed by atoms with E-state index in [0.717, 1.165) is 12.8 Å². The number of anilines is 1. The van der Waals surface area contributed by atoms with Crippen LogP contribution in [0, 0.1) is 0 Å². The second-order valence-corrected chi connectivity index (χ2v) is 5.71. The Morgan fingerprint density at radius 1 is 0.923 bits per heavy atom. The summed E-state index contributed by atoms with van der Waals surface area (Å²) in [6.45, 7) is 2.66. The fraction of sp³-hybridized carbons (Fsp3) is 0.250. The smallest absolute Gasteiger partial charge is 0.337 e. The number of ether oxygens (including phenoxy) is 1. The molecule has 2 aromatic rings. The van der Waals surface area contributed by atoms with Crippen molar-refractivity contribution in [1.29, 1.82) is 0 Å². The maximum Gasteiger partial charge on any atom is 0.337 e. The van der Waals surface area contributed by atoms with Crippen LogP contribution in [0.3, 0.4) is 0 Å². The highest BCUT2D eigenvalue weighted by atomic mass is 16.5. The predicted molar refractivity (Wildman–Crippen MR) is 99.4 cm³/mol. The van der Waals surface area contributed by atoms with E-state index in [1.54, 1.807) is 48.5 Å². The number of carbonyl (C=O) groups is 3. The summed E-state index contributed by atoms with van der Waals surface area (Å²) < 4.78 is 4.63. The van der Waals surface area contributed by atoms with Gasteiger partial charge >= 0.3 is 5.97 Å². The Morgan fingerprint density at radius 3 is 2.19 bits per heavy atom. The highest BCUT2D eigenvalue weighted by Crippen LogP contribution is 2.13. The van der Waals surface area contributed by atoms with Crippen LogP contribution in [-0.2, 0) is 4.74 Å². The lowest BCUT2D eigenvalue weighted by Gasteiger charge is -2.08. The minimum Gasteiger partial charge on any atom is -0.465 e. The topological polar surface area (TPSA) is 84.5 Å². The largest absolute Gasteiger partial charge is 0.465 e. The van der Waals surface area contributed by atoms with Crippen molar-refractivity contribution in [1.82, 2.24) is 5.32 Å². The average Bonchev–Trinajstić information content (AvgIpc) is 2.68. The Balaban J connectivity index is 2.04. The van der Waals surface area contributed by atoms with Gasteiger partial charge < -0.3 is 15.4 Å². The van der Waals surface area contributed by atoms with Gasteiger partial charge in [-0.1, -0.05) is 19.4 Å². The van der Waals surface area contributed by atoms with Crippen LogP contribution in [0.1, 0.15) is 50.8 Å². The summed E-state index contributed by atoms with van der Waals surface area (Å²) in [6.07, 6.45) is 1.91. The maximum atomic E-state index is 12.4. The van der Waals surface area contributed by atoms with E-state index < -0.39 is 5.97 Å². The van der Waals surface area contributed by atoms with Gasteiger partial charge in [-0.2, -0.15) is 0 Å². The molecule has 0 radical (unpaired) electrons. The number of hydrogen-bond donors (Lipinski definition) is 2. The highest BCUT2D eigenvalue weighted by Gasteiger charge is 2.11. The van der Waals surface area contributed by atoms with Crippen molar-refractivity contribution < 1.29 is 19.1 Å². The van der Waals surface area contributed by atoms with Crippen molar-refractivity contribution in [3.63, 3.8) is 0 Å². The molecule has 0 saturated heterocycles. The lowest BCUT2D eigenvalue weighted by Crippen LogP contribution is -2.24. The zero-order chi connectivity index (χ0) is 18.9. The van der Waals surface area contributed by atoms with Crippen LogP contribution in [-0.4, -0.2) is 31.4 Å². The first-order valence-corrected chi connectivity index (χ1v) is 8.43. The quantitative estimate of drug-likeness (QED) is 0.590. The zero-order valence-electron chi connectivity index (χ0n) is 14.9. The van der Waals surface area contributed by atoms with Crippen LogP contribution < -0.4 is 10.6 Å². The number of benzene rings is 2. The molecule has 0 unspecified atom stereocenters. The molecule has 0 bridgehead atoms. The van der Waals surface area contributed by atoms with E-state index in [0.29, 0.717) is 28.9 Å². The number of rotatable bonds is 7. The zero-order valence-corrected chi connectivity index (χ0v) is 14.9. The van der Waals surface area contributed by atoms with Gasteiger partial charge in [0.2, 0.25) is 0 Å². The van der Waals surface area contributed by atoms with Crippen LogP contribution in [0.2, 0.25) is 0 Å². The van der Waals surface area contributed by atoms with Crippen molar-refractivity contribution in [3.8, 4) is 0 Å². The SMILES string of the molecule is CCCCNC(=O)c1cccc(C(=O)Nc2ccc(C(=O)OC)cc2)c1. The van der Waals surface area contributed by atoms with Gasteiger partial charge in [-0.05, 0) is 48.9 Å². The van der Waals surface area contributed by atoms with Crippen LogP contribution in [0.5, 0.6) is 0 Å². The molecule has 0 fully saturated rings. The van der Waals surface area contributed by atoms with E-state index in [4.69, 9.17) is 0 Å². The molecule has 0 aromatic heterocycles. The molecule has 0 atom stereocenters. The van der Waals surface area contributed by atoms with Gasteiger partial charge in [0.15, 0.2) is 0 Å². The molecule has 0 aliphatic carbocycles. The molecule has 0 aliphatic rings. The van der Waals surface area contributed by atoms with E-state index in [9.17, 15) is 14.4 Å². The first-order valence-electron chi connectivity index (χ1n) is 8.43. The molecule has 0 spiro atoms. The first kappa shape index (κ1) is 19.2. The number of carbonyl (C=O) groups excluding carboxylic acids is 3. The minimum absolute atomic E-state index is 0.199. The summed E-state index contributed by atoms with van der Waals surface area (Å²) in [7, 11) is 1.31. The predicted octanol–water partition coefficient (Wildman–Crippen LogP) is 3.26. The van der Waals surface area contributed by atoms with Gasteiger partial charge in [0.05, 0.1) is 12.7 Å². The Hall–Kier alpha value is -3.15. The first-order chi connectivity index (χ1) is 12.5. The maximum absolute atomic E-state index is 12.4. The molecular formula is C20H22N2O4. The molecule has 2 amide bonds. The summed E-state index contributed by atoms with van der Waals surface area (Å²) in [4.78, 5) is 35.9. The Labute approximate surface area is 152 Å². The van der Waals surface area contributed by atoms with E-state index >= 15 is 0 Å². The molecule has 136 valence electrons. The van der Waals surface area contributed by atoms with Crippen molar-refractivity contribution in [2.45, 2.75) is 19.8 Å². The molecule has 0 heterocycles. The molecule has 2 N–H and O–H groups in total. The number of unbranched alkanes of at least 4 members (excludes halogenated alkanes) is 1. The van der Waals surface area contributed by atoms with E-state index in [2.05, 4.69) is 22.3 Å². The third-order valence-electron chi connectivity index (χ3n) is 3.77. The summed E-state index contributed by atoms with van der Waals surface area (Å²) in [5.41, 5.74) is 1.76. The van der Waals surface area contributed by atoms with Gasteiger partial charge in [0, 0.05) is 23.4 Å². The summed E-state index contributed by atoms with van der Waals surface area (Å²) >= 11 is 0. The molecule has 26 heavy (non-hydrogen) atoms. The number of esters is 1. The standard InChI is InChI=1S/C20H22N2O4/c1-3-4-12-21-18(23)15-6-5-7-16(13-15)19(24)22-17-10-8-14(9-11-17)20(25)26-2/h5-11,13H,3-4,12H2,1-2H3,(H,21,23)(H,22,24). The van der Waals surface area contributed by atoms with Crippen LogP contribution in [0.4, 0.5) is 5.69 Å². The van der Waals surface area contributed by atoms with Crippen molar-refractivity contribution in [3.05, 3.63) is 65.2 Å². The number of hydrogen-bond acceptors (Lipinski definition) is 4. The summed E-state index contributed by atoms with van der Waals surface area (Å²) in [6, 6.07) is 12.9. The number of nitrogens with one attached hydrogen (secondary N) is 2. The van der Waals surface area contributed by atoms with Gasteiger partial charge in [-0.25, -0.2) is 4.79 Å². The Kier molecular flexibility index (Phi) is 6.91. The van der Waals surface area contributed by atoms with Gasteiger partial charge in [-0.15, -0.1) is 0 Å². The van der Waals surface area contributed by atoms with Crippen LogP contribution in [0.25, 0.3) is 0 Å². The van der Waals surface area contributed by atoms with Crippen molar-refractivity contribution >= 4 is 23.5 Å². The molecule has 6 nitrogen and oxygen atoms in total. The third-order valence-corrected chi connectivity index (χ3v) is 3.77. The normalized spacial score (nSPS) is 10.1. The number of methoxy groups -OCH3 is 1. The fourth-order valence-corrected chi connectivity index (χ4v) is 2.29. The fourth-order valence-electron chi connectivity index (χ4n) is 2.29. The minimum atomic E-state index is -0.440. The van der Waals surface area contributed by atoms with Gasteiger partial charge in [-0.3, -0.25) is 9.59 Å². The molecule has 6 heteroatoms. The van der Waals surface area contributed by atoms with Crippen molar-refractivity contribution in [2.24, 2.45) is 0 Å². The molecule has 0 aliphatic heterocycles. The van der Waals surface area contributed by atoms with E-state index in [1.165, 1.54) is 7.11 Å². The molecular weight excluding hydrogens is 332 g/mol. The van der Waals surface area contributed by atoms with Gasteiger partial charge in [0.1, 0.15) is 0 Å².